The Morgan fingerprint density at radius 2 is 2.00 bits per heavy atom. The van der Waals surface area contributed by atoms with Crippen LogP contribution in [-0.4, -0.2) is 10.8 Å². The zero-order valence-corrected chi connectivity index (χ0v) is 10.3. The van der Waals surface area contributed by atoms with Crippen LogP contribution in [0.5, 0.6) is 0 Å². The molecule has 0 saturated heterocycles. The lowest BCUT2D eigenvalue weighted by molar-refractivity contribution is -0.120. The maximum Gasteiger partial charge on any atom is 0.132 e. The van der Waals surface area contributed by atoms with Crippen LogP contribution in [-0.2, 0) is 4.79 Å². The number of hydrogen-bond donors (Lipinski definition) is 1. The van der Waals surface area contributed by atoms with Crippen molar-refractivity contribution in [2.24, 2.45) is 0 Å². The molecule has 0 spiro atoms. The Morgan fingerprint density at radius 1 is 1.24 bits per heavy atom. The van der Waals surface area contributed by atoms with E-state index in [0.29, 0.717) is 11.7 Å². The van der Waals surface area contributed by atoms with E-state index in [1.807, 2.05) is 12.1 Å². The molecule has 0 bridgehead atoms. The Balaban J connectivity index is 1.97. The molecule has 1 aromatic carbocycles. The van der Waals surface area contributed by atoms with Crippen LogP contribution in [0.3, 0.4) is 0 Å². The van der Waals surface area contributed by atoms with Crippen molar-refractivity contribution in [1.29, 1.82) is 0 Å². The summed E-state index contributed by atoms with van der Waals surface area (Å²) >= 11 is 5.97. The first kappa shape index (κ1) is 10.8. The summed E-state index contributed by atoms with van der Waals surface area (Å²) in [7, 11) is 0. The number of fused-ring (bicyclic) bond motifs is 1. The lowest BCUT2D eigenvalue weighted by atomic mass is 9.83. The number of hydrogen-bond acceptors (Lipinski definition) is 1. The van der Waals surface area contributed by atoms with E-state index in [2.05, 4.69) is 17.2 Å². The zero-order valence-electron chi connectivity index (χ0n) is 9.50. The van der Waals surface area contributed by atoms with Gasteiger partial charge in [0, 0.05) is 35.0 Å². The summed E-state index contributed by atoms with van der Waals surface area (Å²) in [6, 6.07) is 5.95. The van der Waals surface area contributed by atoms with Crippen molar-refractivity contribution in [3.63, 3.8) is 0 Å². The molecule has 1 heterocycles. The van der Waals surface area contributed by atoms with E-state index in [1.165, 1.54) is 10.9 Å². The van der Waals surface area contributed by atoms with E-state index < -0.39 is 0 Å². The van der Waals surface area contributed by atoms with Crippen LogP contribution in [0.25, 0.3) is 10.9 Å². The number of aromatic amines is 1. The molecular weight excluding hydrogens is 234 g/mol. The van der Waals surface area contributed by atoms with Crippen molar-refractivity contribution >= 4 is 28.3 Å². The number of rotatable bonds is 1. The van der Waals surface area contributed by atoms with Crippen molar-refractivity contribution in [3.05, 3.63) is 35.0 Å². The van der Waals surface area contributed by atoms with Gasteiger partial charge in [0.1, 0.15) is 5.78 Å². The van der Waals surface area contributed by atoms with Gasteiger partial charge in [-0.2, -0.15) is 0 Å². The lowest BCUT2D eigenvalue weighted by Gasteiger charge is -2.20. The van der Waals surface area contributed by atoms with Crippen LogP contribution in [0.4, 0.5) is 0 Å². The van der Waals surface area contributed by atoms with Crippen LogP contribution in [0.2, 0.25) is 5.02 Å². The molecule has 1 aromatic heterocycles. The molecule has 1 fully saturated rings. The molecule has 1 aliphatic carbocycles. The Morgan fingerprint density at radius 3 is 2.76 bits per heavy atom. The number of H-pyrrole nitrogens is 1. The van der Waals surface area contributed by atoms with Crippen LogP contribution < -0.4 is 0 Å². The standard InChI is InChI=1S/C14H14ClNO/c15-10-3-6-12-13(8-16-14(12)7-10)9-1-4-11(17)5-2-9/h3,6-9,16H,1-2,4-5H2. The summed E-state index contributed by atoms with van der Waals surface area (Å²) in [6.07, 6.45) is 5.49. The van der Waals surface area contributed by atoms with Crippen LogP contribution in [0, 0.1) is 0 Å². The highest BCUT2D eigenvalue weighted by molar-refractivity contribution is 6.31. The number of Topliss-reactive ketones (excluding diaryl/α,β-unsaturated/α-hetero) is 1. The van der Waals surface area contributed by atoms with Crippen molar-refractivity contribution in [2.75, 3.05) is 0 Å². The third kappa shape index (κ3) is 1.98. The van der Waals surface area contributed by atoms with Gasteiger partial charge < -0.3 is 4.98 Å². The Hall–Kier alpha value is -1.28. The van der Waals surface area contributed by atoms with Gasteiger partial charge in [-0.3, -0.25) is 4.79 Å². The summed E-state index contributed by atoms with van der Waals surface area (Å²) in [6.45, 7) is 0. The van der Waals surface area contributed by atoms with Gasteiger partial charge in [-0.25, -0.2) is 0 Å². The molecule has 2 nitrogen and oxygen atoms in total. The number of carbonyl (C=O) groups is 1. The van der Waals surface area contributed by atoms with E-state index in [9.17, 15) is 4.79 Å². The highest BCUT2D eigenvalue weighted by atomic mass is 35.5. The number of aromatic nitrogens is 1. The van der Waals surface area contributed by atoms with Gasteiger partial charge >= 0.3 is 0 Å². The van der Waals surface area contributed by atoms with Crippen molar-refractivity contribution < 1.29 is 4.79 Å². The molecule has 0 unspecified atom stereocenters. The highest BCUT2D eigenvalue weighted by Crippen LogP contribution is 2.35. The van der Waals surface area contributed by atoms with Gasteiger partial charge in [0.25, 0.3) is 0 Å². The summed E-state index contributed by atoms with van der Waals surface area (Å²) in [5, 5.41) is 2.00. The van der Waals surface area contributed by atoms with Gasteiger partial charge in [0.15, 0.2) is 0 Å². The third-order valence-corrected chi connectivity index (χ3v) is 3.89. The van der Waals surface area contributed by atoms with Gasteiger partial charge in [0.05, 0.1) is 0 Å². The predicted molar refractivity (Wildman–Crippen MR) is 69.5 cm³/mol. The molecule has 2 aromatic rings. The fourth-order valence-corrected chi connectivity index (χ4v) is 2.88. The first-order valence-electron chi connectivity index (χ1n) is 6.02. The van der Waals surface area contributed by atoms with Crippen LogP contribution >= 0.6 is 11.6 Å². The Labute approximate surface area is 105 Å². The minimum absolute atomic E-state index is 0.407. The van der Waals surface area contributed by atoms with Crippen LogP contribution in [0.1, 0.15) is 37.2 Å². The summed E-state index contributed by atoms with van der Waals surface area (Å²) in [5.41, 5.74) is 2.42. The van der Waals surface area contributed by atoms with Crippen molar-refractivity contribution in [2.45, 2.75) is 31.6 Å². The maximum atomic E-state index is 11.3. The van der Waals surface area contributed by atoms with Crippen molar-refractivity contribution in [1.82, 2.24) is 4.98 Å². The monoisotopic (exact) mass is 247 g/mol. The number of carbonyl (C=O) groups excluding carboxylic acids is 1. The number of nitrogens with one attached hydrogen (secondary N) is 1. The lowest BCUT2D eigenvalue weighted by Crippen LogP contribution is -2.11. The molecule has 1 saturated carbocycles. The van der Waals surface area contributed by atoms with Gasteiger partial charge in [-0.1, -0.05) is 17.7 Å². The largest absolute Gasteiger partial charge is 0.361 e. The summed E-state index contributed by atoms with van der Waals surface area (Å²) in [4.78, 5) is 14.5. The fraction of sp³-hybridized carbons (Fsp3) is 0.357. The van der Waals surface area contributed by atoms with Crippen LogP contribution in [0.15, 0.2) is 24.4 Å². The molecule has 1 aliphatic rings. The molecule has 0 radical (unpaired) electrons. The topological polar surface area (TPSA) is 32.9 Å². The van der Waals surface area contributed by atoms with E-state index >= 15 is 0 Å². The molecule has 0 aliphatic heterocycles. The predicted octanol–water partition coefficient (Wildman–Crippen LogP) is 4.05. The molecule has 0 amide bonds. The minimum Gasteiger partial charge on any atom is -0.361 e. The van der Waals surface area contributed by atoms with Gasteiger partial charge in [0.2, 0.25) is 0 Å². The number of halogens is 1. The van der Waals surface area contributed by atoms with E-state index in [0.717, 1.165) is 36.2 Å². The first-order chi connectivity index (χ1) is 8.24. The fourth-order valence-electron chi connectivity index (χ4n) is 2.71. The Kier molecular flexibility index (Phi) is 2.67. The first-order valence-corrected chi connectivity index (χ1v) is 6.40. The average molecular weight is 248 g/mol. The zero-order chi connectivity index (χ0) is 11.8. The second kappa shape index (κ2) is 4.19. The highest BCUT2D eigenvalue weighted by Gasteiger charge is 2.22. The van der Waals surface area contributed by atoms with E-state index in [-0.39, 0.29) is 0 Å². The van der Waals surface area contributed by atoms with Gasteiger partial charge in [-0.05, 0) is 36.5 Å². The van der Waals surface area contributed by atoms with E-state index in [1.54, 1.807) is 0 Å². The molecular formula is C14H14ClNO. The smallest absolute Gasteiger partial charge is 0.132 e. The maximum absolute atomic E-state index is 11.3. The summed E-state index contributed by atoms with van der Waals surface area (Å²) < 4.78 is 0. The molecule has 1 N–H and O–H groups in total. The minimum atomic E-state index is 0.407. The number of benzene rings is 1. The SMILES string of the molecule is O=C1CCC(c2c[nH]c3cc(Cl)ccc23)CC1. The van der Waals surface area contributed by atoms with E-state index in [4.69, 9.17) is 11.6 Å². The molecule has 88 valence electrons. The third-order valence-electron chi connectivity index (χ3n) is 3.66. The van der Waals surface area contributed by atoms with Gasteiger partial charge in [-0.15, -0.1) is 0 Å². The normalized spacial score (nSPS) is 17.8. The quantitative estimate of drug-likeness (QED) is 0.810. The Bertz CT molecular complexity index is 563. The second-order valence-electron chi connectivity index (χ2n) is 4.75. The molecule has 3 heteroatoms. The second-order valence-corrected chi connectivity index (χ2v) is 5.18. The molecule has 17 heavy (non-hydrogen) atoms. The number of ketones is 1. The molecule has 3 rings (SSSR count). The van der Waals surface area contributed by atoms with Crippen molar-refractivity contribution in [3.8, 4) is 0 Å². The molecule has 0 atom stereocenters. The average Bonchev–Trinajstić information content (AvgIpc) is 2.73. The summed E-state index contributed by atoms with van der Waals surface area (Å²) in [5.74, 6) is 0.923.